The van der Waals surface area contributed by atoms with E-state index in [-0.39, 0.29) is 11.5 Å². The quantitative estimate of drug-likeness (QED) is 0.904. The molecule has 1 atom stereocenters. The van der Waals surface area contributed by atoms with E-state index >= 15 is 0 Å². The van der Waals surface area contributed by atoms with Gasteiger partial charge in [0.1, 0.15) is 5.75 Å². The van der Waals surface area contributed by atoms with Crippen molar-refractivity contribution in [3.05, 3.63) is 28.3 Å². The molecule has 2 nitrogen and oxygen atoms in total. The van der Waals surface area contributed by atoms with Gasteiger partial charge < -0.3 is 9.84 Å². The molecular weight excluding hydrogens is 248 g/mol. The van der Waals surface area contributed by atoms with Gasteiger partial charge in [0.05, 0.1) is 12.7 Å². The van der Waals surface area contributed by atoms with Gasteiger partial charge in [0.25, 0.3) is 0 Å². The summed E-state index contributed by atoms with van der Waals surface area (Å²) in [7, 11) is 0. The number of hydrogen-bond donors (Lipinski definition) is 1. The molecule has 0 aromatic heterocycles. The number of hydrogen-bond acceptors (Lipinski definition) is 2. The topological polar surface area (TPSA) is 29.5 Å². The van der Waals surface area contributed by atoms with Gasteiger partial charge in [0.2, 0.25) is 0 Å². The lowest BCUT2D eigenvalue weighted by atomic mass is 9.80. The zero-order chi connectivity index (χ0) is 13.3. The first-order valence-electron chi connectivity index (χ1n) is 6.49. The monoisotopic (exact) mass is 268 g/mol. The summed E-state index contributed by atoms with van der Waals surface area (Å²) in [6.07, 6.45) is 2.31. The first-order valence-corrected chi connectivity index (χ1v) is 6.87. The van der Waals surface area contributed by atoms with Crippen LogP contribution in [0.5, 0.6) is 5.75 Å². The number of halogens is 1. The van der Waals surface area contributed by atoms with Gasteiger partial charge in [-0.1, -0.05) is 25.4 Å². The second-order valence-electron chi connectivity index (χ2n) is 6.05. The SMILES string of the molecule is CC(O)CC(C)(C)Cc1cc(Cl)cc2c1OCC2. The minimum atomic E-state index is -0.284. The molecule has 0 saturated carbocycles. The number of aliphatic hydroxyl groups excluding tert-OH is 1. The van der Waals surface area contributed by atoms with Gasteiger partial charge in [0, 0.05) is 11.4 Å². The van der Waals surface area contributed by atoms with Crippen molar-refractivity contribution in [2.45, 2.75) is 46.1 Å². The molecule has 1 heterocycles. The van der Waals surface area contributed by atoms with Gasteiger partial charge >= 0.3 is 0 Å². The Hall–Kier alpha value is -0.730. The molecule has 1 N–H and O–H groups in total. The first-order chi connectivity index (χ1) is 8.37. The molecule has 0 saturated heterocycles. The Morgan fingerprint density at radius 2 is 2.17 bits per heavy atom. The third kappa shape index (κ3) is 3.18. The zero-order valence-electron chi connectivity index (χ0n) is 11.3. The predicted octanol–water partition coefficient (Wildman–Crippen LogP) is 3.61. The highest BCUT2D eigenvalue weighted by atomic mass is 35.5. The molecule has 18 heavy (non-hydrogen) atoms. The minimum absolute atomic E-state index is 0.0402. The van der Waals surface area contributed by atoms with Gasteiger partial charge in [-0.15, -0.1) is 0 Å². The molecule has 100 valence electrons. The Balaban J connectivity index is 2.24. The highest BCUT2D eigenvalue weighted by molar-refractivity contribution is 6.30. The van der Waals surface area contributed by atoms with E-state index in [2.05, 4.69) is 13.8 Å². The van der Waals surface area contributed by atoms with Crippen LogP contribution in [0.25, 0.3) is 0 Å². The first kappa shape index (κ1) is 13.7. The number of aliphatic hydroxyl groups is 1. The highest BCUT2D eigenvalue weighted by Gasteiger charge is 2.25. The maximum Gasteiger partial charge on any atom is 0.125 e. The van der Waals surface area contributed by atoms with Crippen LogP contribution in [0.15, 0.2) is 12.1 Å². The van der Waals surface area contributed by atoms with E-state index in [9.17, 15) is 5.11 Å². The molecule has 1 aromatic rings. The molecule has 1 unspecified atom stereocenters. The lowest BCUT2D eigenvalue weighted by Crippen LogP contribution is -2.21. The number of rotatable bonds is 4. The van der Waals surface area contributed by atoms with Crippen LogP contribution in [-0.2, 0) is 12.8 Å². The molecule has 2 rings (SSSR count). The number of benzene rings is 1. The summed E-state index contributed by atoms with van der Waals surface area (Å²) < 4.78 is 5.71. The summed E-state index contributed by atoms with van der Waals surface area (Å²) in [6.45, 7) is 6.92. The molecule has 0 radical (unpaired) electrons. The summed E-state index contributed by atoms with van der Waals surface area (Å²) in [5, 5.41) is 10.3. The van der Waals surface area contributed by atoms with Crippen molar-refractivity contribution < 1.29 is 9.84 Å². The van der Waals surface area contributed by atoms with Crippen molar-refractivity contribution in [3.8, 4) is 5.75 Å². The summed E-state index contributed by atoms with van der Waals surface area (Å²) in [5.41, 5.74) is 2.42. The Bertz CT molecular complexity index is 438. The van der Waals surface area contributed by atoms with Gasteiger partial charge in [-0.25, -0.2) is 0 Å². The van der Waals surface area contributed by atoms with Crippen molar-refractivity contribution in [2.75, 3.05) is 6.61 Å². The van der Waals surface area contributed by atoms with Gasteiger partial charge in [-0.2, -0.15) is 0 Å². The molecule has 0 spiro atoms. The van der Waals surface area contributed by atoms with E-state index in [1.807, 2.05) is 19.1 Å². The fourth-order valence-electron chi connectivity index (χ4n) is 2.86. The second kappa shape index (κ2) is 5.10. The molecule has 1 aliphatic heterocycles. The number of ether oxygens (including phenoxy) is 1. The van der Waals surface area contributed by atoms with Crippen LogP contribution in [0.3, 0.4) is 0 Å². The Kier molecular flexibility index (Phi) is 3.88. The average Bonchev–Trinajstić information content (AvgIpc) is 2.61. The van der Waals surface area contributed by atoms with Crippen molar-refractivity contribution >= 4 is 11.6 Å². The van der Waals surface area contributed by atoms with E-state index in [1.54, 1.807) is 0 Å². The molecule has 0 aliphatic carbocycles. The van der Waals surface area contributed by atoms with Crippen molar-refractivity contribution in [2.24, 2.45) is 5.41 Å². The maximum absolute atomic E-state index is 9.56. The molecule has 3 heteroatoms. The zero-order valence-corrected chi connectivity index (χ0v) is 12.0. The standard InChI is InChI=1S/C15H21ClO2/c1-10(17)8-15(2,3)9-12-7-13(16)6-11-4-5-18-14(11)12/h6-7,10,17H,4-5,8-9H2,1-3H3. The van der Waals surface area contributed by atoms with Gasteiger partial charge in [-0.05, 0) is 48.4 Å². The van der Waals surface area contributed by atoms with Crippen LogP contribution in [0, 0.1) is 5.41 Å². The van der Waals surface area contributed by atoms with Crippen molar-refractivity contribution in [3.63, 3.8) is 0 Å². The largest absolute Gasteiger partial charge is 0.493 e. The third-order valence-corrected chi connectivity index (χ3v) is 3.56. The molecule has 1 aliphatic rings. The van der Waals surface area contributed by atoms with E-state index in [4.69, 9.17) is 16.3 Å². The van der Waals surface area contributed by atoms with E-state index in [0.29, 0.717) is 0 Å². The smallest absolute Gasteiger partial charge is 0.125 e. The molecule has 0 bridgehead atoms. The van der Waals surface area contributed by atoms with Crippen LogP contribution >= 0.6 is 11.6 Å². The van der Waals surface area contributed by atoms with E-state index in [1.165, 1.54) is 11.1 Å². The summed E-state index contributed by atoms with van der Waals surface area (Å²) >= 11 is 6.16. The van der Waals surface area contributed by atoms with Crippen LogP contribution in [0.1, 0.15) is 38.3 Å². The van der Waals surface area contributed by atoms with Gasteiger partial charge in [-0.3, -0.25) is 0 Å². The van der Waals surface area contributed by atoms with Crippen LogP contribution < -0.4 is 4.74 Å². The van der Waals surface area contributed by atoms with Crippen LogP contribution in [-0.4, -0.2) is 17.8 Å². The Morgan fingerprint density at radius 3 is 2.83 bits per heavy atom. The normalized spacial score (nSPS) is 16.3. The summed E-state index contributed by atoms with van der Waals surface area (Å²) in [5.74, 6) is 1.01. The van der Waals surface area contributed by atoms with Crippen LogP contribution in [0.2, 0.25) is 5.02 Å². The fourth-order valence-corrected chi connectivity index (χ4v) is 3.13. The van der Waals surface area contributed by atoms with Crippen molar-refractivity contribution in [1.29, 1.82) is 0 Å². The molecule has 0 amide bonds. The Morgan fingerprint density at radius 1 is 1.44 bits per heavy atom. The predicted molar refractivity (Wildman–Crippen MR) is 74.4 cm³/mol. The van der Waals surface area contributed by atoms with E-state index < -0.39 is 0 Å². The Labute approximate surface area is 114 Å². The van der Waals surface area contributed by atoms with Crippen molar-refractivity contribution in [1.82, 2.24) is 0 Å². The summed E-state index contributed by atoms with van der Waals surface area (Å²) in [6, 6.07) is 3.99. The maximum atomic E-state index is 9.56. The number of fused-ring (bicyclic) bond motifs is 1. The second-order valence-corrected chi connectivity index (χ2v) is 6.48. The summed E-state index contributed by atoms with van der Waals surface area (Å²) in [4.78, 5) is 0. The highest BCUT2D eigenvalue weighted by Crippen LogP contribution is 2.37. The minimum Gasteiger partial charge on any atom is -0.493 e. The fraction of sp³-hybridized carbons (Fsp3) is 0.600. The average molecular weight is 269 g/mol. The molecular formula is C15H21ClO2. The molecule has 0 fully saturated rings. The third-order valence-electron chi connectivity index (χ3n) is 3.34. The lowest BCUT2D eigenvalue weighted by molar-refractivity contribution is 0.129. The molecule has 1 aromatic carbocycles. The lowest BCUT2D eigenvalue weighted by Gasteiger charge is -2.27. The van der Waals surface area contributed by atoms with Crippen LogP contribution in [0.4, 0.5) is 0 Å². The van der Waals surface area contributed by atoms with E-state index in [0.717, 1.165) is 36.6 Å². The van der Waals surface area contributed by atoms with Gasteiger partial charge in [0.15, 0.2) is 0 Å².